The first-order valence-electron chi connectivity index (χ1n) is 9.19. The van der Waals surface area contributed by atoms with Gasteiger partial charge in [0.05, 0.1) is 17.6 Å². The van der Waals surface area contributed by atoms with Gasteiger partial charge in [-0.1, -0.05) is 5.16 Å². The van der Waals surface area contributed by atoms with Crippen LogP contribution >= 0.6 is 0 Å². The van der Waals surface area contributed by atoms with Gasteiger partial charge in [-0.3, -0.25) is 9.78 Å². The van der Waals surface area contributed by atoms with Crippen molar-refractivity contribution in [3.05, 3.63) is 60.3 Å². The molecule has 1 N–H and O–H groups in total. The highest BCUT2D eigenvalue weighted by atomic mass is 19.1. The number of nitrogens with zero attached hydrogens (tertiary/aromatic N) is 5. The van der Waals surface area contributed by atoms with Crippen LogP contribution in [0.15, 0.2) is 47.2 Å². The van der Waals surface area contributed by atoms with E-state index in [0.29, 0.717) is 54.4 Å². The van der Waals surface area contributed by atoms with Gasteiger partial charge in [0, 0.05) is 37.8 Å². The Bertz CT molecular complexity index is 1120. The predicted molar refractivity (Wildman–Crippen MR) is 103 cm³/mol. The van der Waals surface area contributed by atoms with Gasteiger partial charge in [0.2, 0.25) is 17.6 Å². The number of aromatic amines is 1. The average Bonchev–Trinajstić information content (AvgIpc) is 3.34. The number of fused-ring (bicyclic) bond motifs is 1. The Morgan fingerprint density at radius 3 is 2.86 bits per heavy atom. The second-order valence-electron chi connectivity index (χ2n) is 6.70. The van der Waals surface area contributed by atoms with Crippen molar-refractivity contribution in [1.82, 2.24) is 30.0 Å². The van der Waals surface area contributed by atoms with Gasteiger partial charge >= 0.3 is 0 Å². The molecule has 0 unspecified atom stereocenters. The van der Waals surface area contributed by atoms with Crippen molar-refractivity contribution in [1.29, 1.82) is 0 Å². The SMILES string of the molecule is CN(Cc1nc2ccc(F)cc2[nH]1)C(=O)CCCc1nc(-c2ccncc2)no1. The number of nitrogens with one attached hydrogen (secondary N) is 1. The summed E-state index contributed by atoms with van der Waals surface area (Å²) >= 11 is 0. The Labute approximate surface area is 165 Å². The quantitative estimate of drug-likeness (QED) is 0.517. The highest BCUT2D eigenvalue weighted by Crippen LogP contribution is 2.16. The molecular formula is C20H19FN6O2. The molecule has 3 heterocycles. The number of amides is 1. The van der Waals surface area contributed by atoms with Gasteiger partial charge in [-0.25, -0.2) is 9.37 Å². The van der Waals surface area contributed by atoms with E-state index in [9.17, 15) is 9.18 Å². The Morgan fingerprint density at radius 1 is 1.21 bits per heavy atom. The molecule has 0 aliphatic rings. The van der Waals surface area contributed by atoms with Crippen LogP contribution in [0, 0.1) is 5.82 Å². The van der Waals surface area contributed by atoms with E-state index in [-0.39, 0.29) is 11.7 Å². The second kappa shape index (κ2) is 8.17. The summed E-state index contributed by atoms with van der Waals surface area (Å²) in [5.74, 6) is 1.26. The third-order valence-electron chi connectivity index (χ3n) is 4.49. The van der Waals surface area contributed by atoms with Crippen molar-refractivity contribution >= 4 is 16.9 Å². The molecular weight excluding hydrogens is 375 g/mol. The van der Waals surface area contributed by atoms with E-state index in [4.69, 9.17) is 4.52 Å². The number of pyridine rings is 1. The number of hydrogen-bond donors (Lipinski definition) is 1. The van der Waals surface area contributed by atoms with Crippen LogP contribution in [0.3, 0.4) is 0 Å². The first-order valence-corrected chi connectivity index (χ1v) is 9.19. The van der Waals surface area contributed by atoms with Gasteiger partial charge in [-0.05, 0) is 36.8 Å². The van der Waals surface area contributed by atoms with Crippen LogP contribution < -0.4 is 0 Å². The summed E-state index contributed by atoms with van der Waals surface area (Å²) in [6.45, 7) is 0.321. The zero-order chi connectivity index (χ0) is 20.2. The standard InChI is InChI=1S/C20H19FN6O2/c1-27(12-17-23-15-6-5-14(21)11-16(15)24-17)19(28)4-2-3-18-25-20(26-29-18)13-7-9-22-10-8-13/h5-11H,2-4,12H2,1H3,(H,23,24). The lowest BCUT2D eigenvalue weighted by Gasteiger charge is -2.15. The summed E-state index contributed by atoms with van der Waals surface area (Å²) < 4.78 is 18.5. The number of carbonyl (C=O) groups excluding carboxylic acids is 1. The normalized spacial score (nSPS) is 11.1. The van der Waals surface area contributed by atoms with Gasteiger partial charge < -0.3 is 14.4 Å². The third kappa shape index (κ3) is 4.45. The number of H-pyrrole nitrogens is 1. The molecule has 0 saturated heterocycles. The van der Waals surface area contributed by atoms with Crippen molar-refractivity contribution < 1.29 is 13.7 Å². The molecule has 0 aliphatic carbocycles. The maximum atomic E-state index is 13.3. The van der Waals surface area contributed by atoms with Gasteiger partial charge in [0.25, 0.3) is 0 Å². The second-order valence-corrected chi connectivity index (χ2v) is 6.70. The van der Waals surface area contributed by atoms with Crippen molar-refractivity contribution in [3.8, 4) is 11.4 Å². The summed E-state index contributed by atoms with van der Waals surface area (Å²) in [5, 5.41) is 3.95. The molecule has 29 heavy (non-hydrogen) atoms. The Balaban J connectivity index is 1.28. The van der Waals surface area contributed by atoms with Gasteiger partial charge in [0.1, 0.15) is 11.6 Å². The van der Waals surface area contributed by atoms with Crippen LogP contribution in [0.4, 0.5) is 4.39 Å². The number of hydrogen-bond acceptors (Lipinski definition) is 6. The van der Waals surface area contributed by atoms with Gasteiger partial charge in [0.15, 0.2) is 0 Å². The Morgan fingerprint density at radius 2 is 2.03 bits per heavy atom. The molecule has 0 spiro atoms. The van der Waals surface area contributed by atoms with Crippen LogP contribution in [-0.2, 0) is 17.8 Å². The van der Waals surface area contributed by atoms with E-state index < -0.39 is 0 Å². The van der Waals surface area contributed by atoms with Crippen molar-refractivity contribution in [2.24, 2.45) is 0 Å². The molecule has 4 rings (SSSR count). The fraction of sp³-hybridized carbons (Fsp3) is 0.250. The molecule has 1 amide bonds. The van der Waals surface area contributed by atoms with E-state index in [0.717, 1.165) is 5.56 Å². The van der Waals surface area contributed by atoms with E-state index in [1.54, 1.807) is 42.5 Å². The van der Waals surface area contributed by atoms with E-state index >= 15 is 0 Å². The number of carbonyl (C=O) groups is 1. The molecule has 0 saturated carbocycles. The highest BCUT2D eigenvalue weighted by molar-refractivity contribution is 5.77. The lowest BCUT2D eigenvalue weighted by Crippen LogP contribution is -2.26. The zero-order valence-electron chi connectivity index (χ0n) is 15.8. The lowest BCUT2D eigenvalue weighted by atomic mass is 10.2. The number of aryl methyl sites for hydroxylation is 1. The minimum Gasteiger partial charge on any atom is -0.340 e. The number of benzene rings is 1. The lowest BCUT2D eigenvalue weighted by molar-refractivity contribution is -0.130. The summed E-state index contributed by atoms with van der Waals surface area (Å²) in [7, 11) is 1.71. The van der Waals surface area contributed by atoms with Crippen LogP contribution in [0.25, 0.3) is 22.4 Å². The molecule has 0 fully saturated rings. The van der Waals surface area contributed by atoms with E-state index in [2.05, 4.69) is 25.1 Å². The van der Waals surface area contributed by atoms with Crippen molar-refractivity contribution in [2.75, 3.05) is 7.05 Å². The monoisotopic (exact) mass is 394 g/mol. The van der Waals surface area contributed by atoms with Gasteiger partial charge in [-0.15, -0.1) is 0 Å². The van der Waals surface area contributed by atoms with E-state index in [1.807, 2.05) is 0 Å². The molecule has 8 nitrogen and oxygen atoms in total. The fourth-order valence-electron chi connectivity index (χ4n) is 2.98. The molecule has 0 radical (unpaired) electrons. The molecule has 3 aromatic heterocycles. The molecule has 148 valence electrons. The van der Waals surface area contributed by atoms with Crippen molar-refractivity contribution in [3.63, 3.8) is 0 Å². The summed E-state index contributed by atoms with van der Waals surface area (Å²) in [6.07, 6.45) is 4.78. The van der Waals surface area contributed by atoms with E-state index in [1.165, 1.54) is 12.1 Å². The summed E-state index contributed by atoms with van der Waals surface area (Å²) in [5.41, 5.74) is 2.11. The molecule has 9 heteroatoms. The molecule has 0 bridgehead atoms. The molecule has 0 aliphatic heterocycles. The largest absolute Gasteiger partial charge is 0.340 e. The van der Waals surface area contributed by atoms with Crippen molar-refractivity contribution in [2.45, 2.75) is 25.8 Å². The average molecular weight is 394 g/mol. The van der Waals surface area contributed by atoms with Crippen LogP contribution in [-0.4, -0.2) is 42.9 Å². The third-order valence-corrected chi connectivity index (χ3v) is 4.49. The van der Waals surface area contributed by atoms with Crippen LogP contribution in [0.2, 0.25) is 0 Å². The maximum Gasteiger partial charge on any atom is 0.226 e. The smallest absolute Gasteiger partial charge is 0.226 e. The summed E-state index contributed by atoms with van der Waals surface area (Å²) in [6, 6.07) is 7.97. The first-order chi connectivity index (χ1) is 14.1. The minimum atomic E-state index is -0.328. The molecule has 0 atom stereocenters. The molecule has 1 aromatic carbocycles. The summed E-state index contributed by atoms with van der Waals surface area (Å²) in [4.78, 5) is 29.7. The number of halogens is 1. The minimum absolute atomic E-state index is 0.0227. The number of rotatable bonds is 7. The van der Waals surface area contributed by atoms with Gasteiger partial charge in [-0.2, -0.15) is 4.98 Å². The Kier molecular flexibility index (Phi) is 5.28. The molecule has 4 aromatic rings. The van der Waals surface area contributed by atoms with Crippen LogP contribution in [0.1, 0.15) is 24.6 Å². The highest BCUT2D eigenvalue weighted by Gasteiger charge is 2.14. The first kappa shape index (κ1) is 18.7. The number of imidazole rings is 1. The van der Waals surface area contributed by atoms with Crippen LogP contribution in [0.5, 0.6) is 0 Å². The zero-order valence-corrected chi connectivity index (χ0v) is 15.8. The fourth-order valence-corrected chi connectivity index (χ4v) is 2.98. The predicted octanol–water partition coefficient (Wildman–Crippen LogP) is 3.13. The number of aromatic nitrogens is 5. The Hall–Kier alpha value is -3.62. The maximum absolute atomic E-state index is 13.3. The topological polar surface area (TPSA) is 101 Å².